The number of amides is 1. The third-order valence-corrected chi connectivity index (χ3v) is 3.80. The zero-order chi connectivity index (χ0) is 18.4. The number of aromatic nitrogens is 2. The fourth-order valence-corrected chi connectivity index (χ4v) is 2.38. The van der Waals surface area contributed by atoms with Gasteiger partial charge in [0.1, 0.15) is 11.6 Å². The van der Waals surface area contributed by atoms with E-state index in [9.17, 15) is 9.18 Å². The zero-order valence-electron chi connectivity index (χ0n) is 14.2. The maximum Gasteiger partial charge on any atom is 0.227 e. The van der Waals surface area contributed by atoms with Crippen LogP contribution in [0.5, 0.6) is 5.75 Å². The third-order valence-electron chi connectivity index (χ3n) is 3.80. The molecule has 0 bridgehead atoms. The molecule has 1 aromatic heterocycles. The third kappa shape index (κ3) is 4.44. The highest BCUT2D eigenvalue weighted by atomic mass is 19.1. The zero-order valence-corrected chi connectivity index (χ0v) is 14.2. The van der Waals surface area contributed by atoms with Crippen molar-refractivity contribution in [3.63, 3.8) is 0 Å². The Labute approximate surface area is 150 Å². The Morgan fingerprint density at radius 1 is 1.23 bits per heavy atom. The second-order valence-electron chi connectivity index (χ2n) is 5.61. The Bertz CT molecular complexity index is 895. The molecular weight excluding hydrogens is 337 g/mol. The largest absolute Gasteiger partial charge is 0.497 e. The van der Waals surface area contributed by atoms with Crippen molar-refractivity contribution in [1.29, 1.82) is 0 Å². The van der Waals surface area contributed by atoms with E-state index in [1.807, 2.05) is 18.2 Å². The van der Waals surface area contributed by atoms with Gasteiger partial charge in [-0.3, -0.25) is 4.79 Å². The summed E-state index contributed by atoms with van der Waals surface area (Å²) >= 11 is 0. The van der Waals surface area contributed by atoms with Gasteiger partial charge in [0.25, 0.3) is 0 Å². The molecule has 1 N–H and O–H groups in total. The van der Waals surface area contributed by atoms with Crippen molar-refractivity contribution < 1.29 is 18.4 Å². The predicted molar refractivity (Wildman–Crippen MR) is 92.9 cm³/mol. The number of halogens is 1. The normalized spacial score (nSPS) is 10.5. The highest BCUT2D eigenvalue weighted by Gasteiger charge is 2.11. The van der Waals surface area contributed by atoms with E-state index in [1.54, 1.807) is 31.4 Å². The molecule has 0 unspecified atom stereocenters. The fourth-order valence-electron chi connectivity index (χ4n) is 2.38. The maximum absolute atomic E-state index is 13.5. The maximum atomic E-state index is 13.5. The van der Waals surface area contributed by atoms with Gasteiger partial charge in [-0.1, -0.05) is 35.5 Å². The summed E-state index contributed by atoms with van der Waals surface area (Å²) in [7, 11) is 1.58. The van der Waals surface area contributed by atoms with Crippen LogP contribution < -0.4 is 10.1 Å². The lowest BCUT2D eigenvalue weighted by Gasteiger charge is -2.05. The average molecular weight is 355 g/mol. The molecule has 3 aromatic rings. The number of carbonyl (C=O) groups is 1. The molecule has 0 aliphatic heterocycles. The smallest absolute Gasteiger partial charge is 0.227 e. The highest BCUT2D eigenvalue weighted by Crippen LogP contribution is 2.21. The molecular formula is C19H18FN3O3. The van der Waals surface area contributed by atoms with E-state index in [-0.39, 0.29) is 24.7 Å². The van der Waals surface area contributed by atoms with Crippen LogP contribution in [0.2, 0.25) is 0 Å². The summed E-state index contributed by atoms with van der Waals surface area (Å²) in [5.74, 6) is 0.943. The van der Waals surface area contributed by atoms with Crippen LogP contribution >= 0.6 is 0 Å². The summed E-state index contributed by atoms with van der Waals surface area (Å²) in [5, 5.41) is 6.60. The molecule has 0 aliphatic carbocycles. The average Bonchev–Trinajstić information content (AvgIpc) is 3.15. The Morgan fingerprint density at radius 3 is 2.88 bits per heavy atom. The summed E-state index contributed by atoms with van der Waals surface area (Å²) in [4.78, 5) is 16.2. The molecule has 0 saturated carbocycles. The van der Waals surface area contributed by atoms with Crippen LogP contribution in [-0.2, 0) is 17.8 Å². The lowest BCUT2D eigenvalue weighted by Crippen LogP contribution is -2.23. The summed E-state index contributed by atoms with van der Waals surface area (Å²) in [6.07, 6.45) is 0.480. The number of nitrogens with zero attached hydrogens (tertiary/aromatic N) is 2. The SMILES string of the molecule is COc1cccc(-c2noc(CCC(=O)NCc3ccccc3F)n2)c1. The van der Waals surface area contributed by atoms with E-state index in [2.05, 4.69) is 15.5 Å². The molecule has 0 fully saturated rings. The molecule has 0 radical (unpaired) electrons. The minimum Gasteiger partial charge on any atom is -0.497 e. The molecule has 1 heterocycles. The van der Waals surface area contributed by atoms with Crippen molar-refractivity contribution >= 4 is 5.91 Å². The van der Waals surface area contributed by atoms with Crippen molar-refractivity contribution in [2.75, 3.05) is 7.11 Å². The first-order chi connectivity index (χ1) is 12.7. The molecule has 0 aliphatic rings. The van der Waals surface area contributed by atoms with Crippen molar-refractivity contribution in [3.05, 3.63) is 65.8 Å². The molecule has 6 nitrogen and oxygen atoms in total. The number of hydrogen-bond acceptors (Lipinski definition) is 5. The monoisotopic (exact) mass is 355 g/mol. The number of benzene rings is 2. The van der Waals surface area contributed by atoms with Crippen LogP contribution in [0, 0.1) is 5.82 Å². The standard InChI is InChI=1S/C19H18FN3O3/c1-25-15-7-4-6-13(11-15)19-22-18(26-23-19)10-9-17(24)21-12-14-5-2-3-8-16(14)20/h2-8,11H,9-10,12H2,1H3,(H,21,24). The summed E-state index contributed by atoms with van der Waals surface area (Å²) < 4.78 is 23.9. The van der Waals surface area contributed by atoms with Crippen LogP contribution in [0.1, 0.15) is 17.9 Å². The Kier molecular flexibility index (Phi) is 5.58. The first kappa shape index (κ1) is 17.6. The Hall–Kier alpha value is -3.22. The second kappa shape index (κ2) is 8.24. The quantitative estimate of drug-likeness (QED) is 0.704. The summed E-state index contributed by atoms with van der Waals surface area (Å²) in [5.41, 5.74) is 1.21. The van der Waals surface area contributed by atoms with E-state index in [0.29, 0.717) is 29.4 Å². The van der Waals surface area contributed by atoms with Gasteiger partial charge >= 0.3 is 0 Å². The number of hydrogen-bond donors (Lipinski definition) is 1. The van der Waals surface area contributed by atoms with E-state index in [1.165, 1.54) is 6.07 Å². The van der Waals surface area contributed by atoms with Gasteiger partial charge in [-0.05, 0) is 18.2 Å². The number of methoxy groups -OCH3 is 1. The van der Waals surface area contributed by atoms with Gasteiger partial charge < -0.3 is 14.6 Å². The number of nitrogens with one attached hydrogen (secondary N) is 1. The molecule has 7 heteroatoms. The topological polar surface area (TPSA) is 77.2 Å². The first-order valence-electron chi connectivity index (χ1n) is 8.13. The highest BCUT2D eigenvalue weighted by molar-refractivity contribution is 5.76. The van der Waals surface area contributed by atoms with Gasteiger partial charge in [0.2, 0.25) is 17.6 Å². The number of ether oxygens (including phenoxy) is 1. The second-order valence-corrected chi connectivity index (χ2v) is 5.61. The molecule has 26 heavy (non-hydrogen) atoms. The van der Waals surface area contributed by atoms with E-state index < -0.39 is 0 Å². The van der Waals surface area contributed by atoms with Crippen molar-refractivity contribution in [3.8, 4) is 17.1 Å². The lowest BCUT2D eigenvalue weighted by atomic mass is 10.2. The predicted octanol–water partition coefficient (Wildman–Crippen LogP) is 3.13. The van der Waals surface area contributed by atoms with Gasteiger partial charge in [-0.2, -0.15) is 4.98 Å². The van der Waals surface area contributed by atoms with Gasteiger partial charge in [0, 0.05) is 30.5 Å². The molecule has 2 aromatic carbocycles. The van der Waals surface area contributed by atoms with E-state index in [0.717, 1.165) is 5.56 Å². The van der Waals surface area contributed by atoms with Crippen molar-refractivity contribution in [1.82, 2.24) is 15.5 Å². The summed E-state index contributed by atoms with van der Waals surface area (Å²) in [6.45, 7) is 0.143. The molecule has 3 rings (SSSR count). The fraction of sp³-hybridized carbons (Fsp3) is 0.211. The van der Waals surface area contributed by atoms with Gasteiger partial charge in [0.15, 0.2) is 0 Å². The minimum absolute atomic E-state index is 0.143. The van der Waals surface area contributed by atoms with Crippen LogP contribution in [-0.4, -0.2) is 23.2 Å². The van der Waals surface area contributed by atoms with Gasteiger partial charge in [-0.25, -0.2) is 4.39 Å². The van der Waals surface area contributed by atoms with Gasteiger partial charge in [-0.15, -0.1) is 0 Å². The van der Waals surface area contributed by atoms with Crippen LogP contribution in [0.3, 0.4) is 0 Å². The molecule has 0 atom stereocenters. The molecule has 1 amide bonds. The van der Waals surface area contributed by atoms with E-state index in [4.69, 9.17) is 9.26 Å². The van der Waals surface area contributed by atoms with Crippen LogP contribution in [0.25, 0.3) is 11.4 Å². The molecule has 0 spiro atoms. The van der Waals surface area contributed by atoms with Gasteiger partial charge in [0.05, 0.1) is 7.11 Å². The van der Waals surface area contributed by atoms with Crippen molar-refractivity contribution in [2.24, 2.45) is 0 Å². The number of carbonyl (C=O) groups excluding carboxylic acids is 1. The number of rotatable bonds is 7. The molecule has 0 saturated heterocycles. The first-order valence-corrected chi connectivity index (χ1v) is 8.13. The van der Waals surface area contributed by atoms with Crippen LogP contribution in [0.4, 0.5) is 4.39 Å². The Balaban J connectivity index is 1.53. The van der Waals surface area contributed by atoms with Crippen molar-refractivity contribution in [2.45, 2.75) is 19.4 Å². The Morgan fingerprint density at radius 2 is 2.08 bits per heavy atom. The summed E-state index contributed by atoms with van der Waals surface area (Å²) in [6, 6.07) is 13.6. The lowest BCUT2D eigenvalue weighted by molar-refractivity contribution is -0.121. The van der Waals surface area contributed by atoms with Crippen LogP contribution in [0.15, 0.2) is 53.1 Å². The van der Waals surface area contributed by atoms with E-state index >= 15 is 0 Å². The molecule has 134 valence electrons. The number of aryl methyl sites for hydroxylation is 1. The minimum atomic E-state index is -0.340.